The summed E-state index contributed by atoms with van der Waals surface area (Å²) in [6, 6.07) is 9.62. The molecule has 5 nitrogen and oxygen atoms in total. The molecule has 0 bridgehead atoms. The molecular formula is C19H20N2O3S. The fraction of sp³-hybridized carbons (Fsp3) is 0.368. The number of carbonyl (C=O) groups is 2. The number of amides is 2. The van der Waals surface area contributed by atoms with E-state index in [0.29, 0.717) is 11.5 Å². The summed E-state index contributed by atoms with van der Waals surface area (Å²) in [5, 5.41) is 6.77. The van der Waals surface area contributed by atoms with E-state index in [4.69, 9.17) is 4.74 Å². The minimum absolute atomic E-state index is 0.0524. The van der Waals surface area contributed by atoms with Gasteiger partial charge in [-0.05, 0) is 37.5 Å². The van der Waals surface area contributed by atoms with Gasteiger partial charge in [0.25, 0.3) is 5.91 Å². The van der Waals surface area contributed by atoms with Crippen LogP contribution in [0, 0.1) is 12.8 Å². The highest BCUT2D eigenvalue weighted by Crippen LogP contribution is 2.34. The first kappa shape index (κ1) is 16.1. The summed E-state index contributed by atoms with van der Waals surface area (Å²) < 4.78 is 5.64. The lowest BCUT2D eigenvalue weighted by molar-refractivity contribution is -0.117. The summed E-state index contributed by atoms with van der Waals surface area (Å²) in [5.74, 6) is 0.945. The van der Waals surface area contributed by atoms with Crippen LogP contribution in [0.1, 0.15) is 46.1 Å². The van der Waals surface area contributed by atoms with E-state index < -0.39 is 0 Å². The molecule has 2 aliphatic rings. The Kier molecular flexibility index (Phi) is 4.21. The highest BCUT2D eigenvalue weighted by Gasteiger charge is 2.30. The Labute approximate surface area is 150 Å². The van der Waals surface area contributed by atoms with E-state index in [1.165, 1.54) is 11.3 Å². The van der Waals surface area contributed by atoms with Crippen molar-refractivity contribution in [1.29, 1.82) is 0 Å². The van der Waals surface area contributed by atoms with Crippen LogP contribution in [0.4, 0.5) is 5.00 Å². The van der Waals surface area contributed by atoms with Gasteiger partial charge in [-0.1, -0.05) is 18.2 Å². The van der Waals surface area contributed by atoms with Crippen LogP contribution >= 0.6 is 11.3 Å². The summed E-state index contributed by atoms with van der Waals surface area (Å²) in [5.41, 5.74) is 1.90. The highest BCUT2D eigenvalue weighted by atomic mass is 32.1. The zero-order valence-electron chi connectivity index (χ0n) is 14.0. The fourth-order valence-electron chi connectivity index (χ4n) is 3.05. The maximum atomic E-state index is 12.7. The first-order chi connectivity index (χ1) is 12.1. The largest absolute Gasteiger partial charge is 0.493 e. The quantitative estimate of drug-likeness (QED) is 0.878. The standard InChI is InChI=1S/C19H20N2O3S/c1-11-10-16(21-18(22)12-6-7-12)25-17(11)19(23)20-14-8-9-24-15-5-3-2-4-13(14)15/h2-5,10,12,14H,6-9H2,1H3,(H,20,23)(H,21,22). The number of ether oxygens (including phenoxy) is 1. The van der Waals surface area contributed by atoms with E-state index in [0.717, 1.165) is 41.1 Å². The number of anilines is 1. The van der Waals surface area contributed by atoms with E-state index >= 15 is 0 Å². The zero-order chi connectivity index (χ0) is 17.4. The van der Waals surface area contributed by atoms with Gasteiger partial charge in [0.05, 0.1) is 22.5 Å². The van der Waals surface area contributed by atoms with Gasteiger partial charge in [0.15, 0.2) is 0 Å². The van der Waals surface area contributed by atoms with Crippen molar-refractivity contribution >= 4 is 28.2 Å². The predicted octanol–water partition coefficient (Wildman–Crippen LogP) is 3.66. The molecule has 0 spiro atoms. The molecule has 2 aromatic rings. The second-order valence-corrected chi connectivity index (χ2v) is 7.64. The van der Waals surface area contributed by atoms with Crippen LogP contribution in [0.15, 0.2) is 30.3 Å². The number of benzene rings is 1. The smallest absolute Gasteiger partial charge is 0.262 e. The van der Waals surface area contributed by atoms with Crippen LogP contribution in [0.2, 0.25) is 0 Å². The van der Waals surface area contributed by atoms with E-state index in [-0.39, 0.29) is 23.8 Å². The molecule has 1 fully saturated rings. The Morgan fingerprint density at radius 2 is 2.00 bits per heavy atom. The number of carbonyl (C=O) groups excluding carboxylic acids is 2. The molecule has 2 N–H and O–H groups in total. The van der Waals surface area contributed by atoms with E-state index in [2.05, 4.69) is 10.6 Å². The SMILES string of the molecule is Cc1cc(NC(=O)C2CC2)sc1C(=O)NC1CCOc2ccccc21. The second kappa shape index (κ2) is 6.52. The maximum Gasteiger partial charge on any atom is 0.262 e. The molecule has 1 atom stereocenters. The van der Waals surface area contributed by atoms with Crippen molar-refractivity contribution in [2.75, 3.05) is 11.9 Å². The summed E-state index contributed by atoms with van der Waals surface area (Å²) in [6.07, 6.45) is 2.68. The van der Waals surface area contributed by atoms with E-state index in [9.17, 15) is 9.59 Å². The Morgan fingerprint density at radius 1 is 1.20 bits per heavy atom. The molecular weight excluding hydrogens is 336 g/mol. The first-order valence-corrected chi connectivity index (χ1v) is 9.37. The summed E-state index contributed by atoms with van der Waals surface area (Å²) in [7, 11) is 0. The van der Waals surface area contributed by atoms with Gasteiger partial charge >= 0.3 is 0 Å². The molecule has 6 heteroatoms. The third-order valence-corrected chi connectivity index (χ3v) is 5.73. The average molecular weight is 356 g/mol. The van der Waals surface area contributed by atoms with E-state index in [1.807, 2.05) is 37.3 Å². The number of nitrogens with one attached hydrogen (secondary N) is 2. The minimum Gasteiger partial charge on any atom is -0.493 e. The lowest BCUT2D eigenvalue weighted by Crippen LogP contribution is -2.32. The number of para-hydroxylation sites is 1. The highest BCUT2D eigenvalue weighted by molar-refractivity contribution is 7.18. The fourth-order valence-corrected chi connectivity index (χ4v) is 4.03. The van der Waals surface area contributed by atoms with Crippen LogP contribution in [-0.4, -0.2) is 18.4 Å². The number of rotatable bonds is 4. The Bertz CT molecular complexity index is 826. The van der Waals surface area contributed by atoms with Crippen molar-refractivity contribution in [3.05, 3.63) is 46.3 Å². The van der Waals surface area contributed by atoms with Crippen LogP contribution in [0.3, 0.4) is 0 Å². The summed E-state index contributed by atoms with van der Waals surface area (Å²) >= 11 is 1.34. The number of hydrogen-bond donors (Lipinski definition) is 2. The maximum absolute atomic E-state index is 12.7. The van der Waals surface area contributed by atoms with Crippen molar-refractivity contribution in [2.24, 2.45) is 5.92 Å². The van der Waals surface area contributed by atoms with Gasteiger partial charge in [0.2, 0.25) is 5.91 Å². The Balaban J connectivity index is 1.48. The second-order valence-electron chi connectivity index (χ2n) is 6.59. The van der Waals surface area contributed by atoms with Gasteiger partial charge in [0.1, 0.15) is 5.75 Å². The number of thiophene rings is 1. The minimum atomic E-state index is -0.101. The molecule has 25 heavy (non-hydrogen) atoms. The summed E-state index contributed by atoms with van der Waals surface area (Å²) in [4.78, 5) is 25.3. The van der Waals surface area contributed by atoms with Gasteiger partial charge in [-0.25, -0.2) is 0 Å². The molecule has 0 radical (unpaired) electrons. The van der Waals surface area contributed by atoms with Crippen LogP contribution in [0.25, 0.3) is 0 Å². The molecule has 0 saturated heterocycles. The predicted molar refractivity (Wildman–Crippen MR) is 97.2 cm³/mol. The molecule has 1 aromatic carbocycles. The molecule has 1 saturated carbocycles. The van der Waals surface area contributed by atoms with Crippen molar-refractivity contribution in [2.45, 2.75) is 32.2 Å². The third kappa shape index (κ3) is 3.39. The van der Waals surface area contributed by atoms with Gasteiger partial charge in [-0.2, -0.15) is 0 Å². The molecule has 1 unspecified atom stereocenters. The lowest BCUT2D eigenvalue weighted by atomic mass is 10.0. The Hall–Kier alpha value is -2.34. The molecule has 1 aromatic heterocycles. The van der Waals surface area contributed by atoms with Gasteiger partial charge in [-0.3, -0.25) is 9.59 Å². The van der Waals surface area contributed by atoms with Gasteiger partial charge in [-0.15, -0.1) is 11.3 Å². The van der Waals surface area contributed by atoms with Gasteiger partial charge in [0, 0.05) is 17.9 Å². The number of fused-ring (bicyclic) bond motifs is 1. The summed E-state index contributed by atoms with van der Waals surface area (Å²) in [6.45, 7) is 2.49. The average Bonchev–Trinajstić information content (AvgIpc) is 3.39. The molecule has 130 valence electrons. The van der Waals surface area contributed by atoms with Crippen molar-refractivity contribution < 1.29 is 14.3 Å². The normalized spacial score (nSPS) is 18.8. The number of aryl methyl sites for hydroxylation is 1. The Morgan fingerprint density at radius 3 is 2.80 bits per heavy atom. The third-order valence-electron chi connectivity index (χ3n) is 4.58. The van der Waals surface area contributed by atoms with Crippen LogP contribution < -0.4 is 15.4 Å². The topological polar surface area (TPSA) is 67.4 Å². The number of hydrogen-bond acceptors (Lipinski definition) is 4. The van der Waals surface area contributed by atoms with E-state index in [1.54, 1.807) is 0 Å². The van der Waals surface area contributed by atoms with Crippen LogP contribution in [-0.2, 0) is 4.79 Å². The zero-order valence-corrected chi connectivity index (χ0v) is 14.8. The molecule has 1 aliphatic heterocycles. The molecule has 1 aliphatic carbocycles. The van der Waals surface area contributed by atoms with Crippen molar-refractivity contribution in [3.63, 3.8) is 0 Å². The van der Waals surface area contributed by atoms with Crippen LogP contribution in [0.5, 0.6) is 5.75 Å². The molecule has 2 heterocycles. The molecule has 2 amide bonds. The van der Waals surface area contributed by atoms with Crippen molar-refractivity contribution in [3.8, 4) is 5.75 Å². The molecule has 4 rings (SSSR count). The first-order valence-electron chi connectivity index (χ1n) is 8.55. The van der Waals surface area contributed by atoms with Gasteiger partial charge < -0.3 is 15.4 Å². The lowest BCUT2D eigenvalue weighted by Gasteiger charge is -2.26. The van der Waals surface area contributed by atoms with Crippen molar-refractivity contribution in [1.82, 2.24) is 5.32 Å². The monoisotopic (exact) mass is 356 g/mol.